The Bertz CT molecular complexity index is 498. The van der Waals surface area contributed by atoms with Crippen LogP contribution < -0.4 is 10.9 Å². The fourth-order valence-corrected chi connectivity index (χ4v) is 2.09. The monoisotopic (exact) mass is 323 g/mol. The summed E-state index contributed by atoms with van der Waals surface area (Å²) in [6, 6.07) is 1.80. The van der Waals surface area contributed by atoms with Crippen LogP contribution >= 0.6 is 0 Å². The summed E-state index contributed by atoms with van der Waals surface area (Å²) in [6.45, 7) is 4.00. The van der Waals surface area contributed by atoms with Gasteiger partial charge in [0.1, 0.15) is 0 Å². The first-order valence-corrected chi connectivity index (χ1v) is 7.89. The number of nitrogens with one attached hydrogen (secondary N) is 2. The smallest absolute Gasteiger partial charge is 0.243 e. The summed E-state index contributed by atoms with van der Waals surface area (Å²) in [6.07, 6.45) is 6.13. The molecule has 1 aromatic heterocycles. The molecular formula is C15H25N5O3. The van der Waals surface area contributed by atoms with Gasteiger partial charge in [0.15, 0.2) is 0 Å². The summed E-state index contributed by atoms with van der Waals surface area (Å²) in [7, 11) is 0. The average Bonchev–Trinajstić information content (AvgIpc) is 2.58. The van der Waals surface area contributed by atoms with E-state index in [-0.39, 0.29) is 12.5 Å². The van der Waals surface area contributed by atoms with Gasteiger partial charge in [-0.3, -0.25) is 25.6 Å². The number of hydrogen-bond donors (Lipinski definition) is 3. The highest BCUT2D eigenvalue weighted by Crippen LogP contribution is 2.11. The zero-order chi connectivity index (χ0) is 17.1. The average molecular weight is 323 g/mol. The van der Waals surface area contributed by atoms with Crippen LogP contribution in [-0.4, -0.2) is 39.1 Å². The molecule has 2 amide bonds. The van der Waals surface area contributed by atoms with Crippen LogP contribution in [0.4, 0.5) is 5.95 Å². The Morgan fingerprint density at radius 1 is 1.43 bits per heavy atom. The minimum absolute atomic E-state index is 0.0451. The minimum Gasteiger partial charge on any atom is -0.286 e. The fourth-order valence-electron chi connectivity index (χ4n) is 2.09. The van der Waals surface area contributed by atoms with Gasteiger partial charge in [0.05, 0.1) is 12.5 Å². The molecule has 1 rings (SSSR count). The van der Waals surface area contributed by atoms with Crippen LogP contribution in [0.2, 0.25) is 0 Å². The third-order valence-electron chi connectivity index (χ3n) is 3.43. The molecule has 0 radical (unpaired) electrons. The van der Waals surface area contributed by atoms with Crippen LogP contribution in [0.25, 0.3) is 0 Å². The van der Waals surface area contributed by atoms with Gasteiger partial charge >= 0.3 is 0 Å². The third kappa shape index (κ3) is 7.05. The summed E-state index contributed by atoms with van der Waals surface area (Å²) in [5.74, 6) is -0.507. The molecule has 0 saturated heterocycles. The second kappa shape index (κ2) is 10.5. The molecule has 3 N–H and O–H groups in total. The summed E-state index contributed by atoms with van der Waals surface area (Å²) in [5.41, 5.74) is 6.07. The summed E-state index contributed by atoms with van der Waals surface area (Å²) in [4.78, 5) is 31.0. The largest absolute Gasteiger partial charge is 0.286 e. The van der Waals surface area contributed by atoms with Crippen molar-refractivity contribution >= 4 is 18.3 Å². The first-order chi connectivity index (χ1) is 11.1. The standard InChI is InChI=1S/C15H25N5O3/c1-3-5-6-7-12(10-20(23)11-21)14(22)18-19-15-16-9-8-13(4-2)17-15/h8-9,11-12,23H,3-7,10H2,1-2H3,(H,18,22)(H,16,17,19)/t12-/m0/s1. The van der Waals surface area contributed by atoms with Crippen LogP contribution in [0.3, 0.4) is 0 Å². The van der Waals surface area contributed by atoms with Crippen LogP contribution in [0.15, 0.2) is 12.3 Å². The molecule has 23 heavy (non-hydrogen) atoms. The molecule has 0 bridgehead atoms. The van der Waals surface area contributed by atoms with Gasteiger partial charge in [-0.15, -0.1) is 0 Å². The maximum absolute atomic E-state index is 12.2. The number of carbonyl (C=O) groups excluding carboxylic acids is 2. The molecule has 128 valence electrons. The Labute approximate surface area is 136 Å². The Morgan fingerprint density at radius 3 is 2.87 bits per heavy atom. The molecule has 0 aliphatic heterocycles. The highest BCUT2D eigenvalue weighted by molar-refractivity contribution is 5.80. The number of hydroxylamine groups is 2. The normalized spacial score (nSPS) is 11.6. The van der Waals surface area contributed by atoms with Crippen LogP contribution in [-0.2, 0) is 16.0 Å². The van der Waals surface area contributed by atoms with Crippen molar-refractivity contribution in [2.45, 2.75) is 46.0 Å². The van der Waals surface area contributed by atoms with Crippen molar-refractivity contribution < 1.29 is 14.8 Å². The van der Waals surface area contributed by atoms with Crippen molar-refractivity contribution in [1.82, 2.24) is 20.5 Å². The number of amides is 2. The lowest BCUT2D eigenvalue weighted by molar-refractivity contribution is -0.154. The molecule has 0 aromatic carbocycles. The quantitative estimate of drug-likeness (QED) is 0.247. The van der Waals surface area contributed by atoms with E-state index in [1.807, 2.05) is 6.92 Å². The molecule has 1 atom stereocenters. The van der Waals surface area contributed by atoms with Crippen molar-refractivity contribution in [3.8, 4) is 0 Å². The predicted molar refractivity (Wildman–Crippen MR) is 85.4 cm³/mol. The molecule has 1 aromatic rings. The van der Waals surface area contributed by atoms with E-state index >= 15 is 0 Å². The summed E-state index contributed by atoms with van der Waals surface area (Å²) < 4.78 is 0. The zero-order valence-electron chi connectivity index (χ0n) is 13.7. The lowest BCUT2D eigenvalue weighted by Gasteiger charge is -2.19. The van der Waals surface area contributed by atoms with Gasteiger partial charge in [-0.25, -0.2) is 15.0 Å². The Hall–Kier alpha value is -2.22. The minimum atomic E-state index is -0.501. The Morgan fingerprint density at radius 2 is 2.22 bits per heavy atom. The lowest BCUT2D eigenvalue weighted by Crippen LogP contribution is -2.40. The number of unbranched alkanes of at least 4 members (excludes halogenated alkanes) is 2. The van der Waals surface area contributed by atoms with Gasteiger partial charge in [-0.05, 0) is 18.9 Å². The maximum Gasteiger partial charge on any atom is 0.243 e. The highest BCUT2D eigenvalue weighted by atomic mass is 16.5. The predicted octanol–water partition coefficient (Wildman–Crippen LogP) is 1.53. The molecule has 8 nitrogen and oxygen atoms in total. The number of nitrogens with zero attached hydrogens (tertiary/aromatic N) is 3. The van der Waals surface area contributed by atoms with Crippen molar-refractivity contribution in [2.24, 2.45) is 5.92 Å². The van der Waals surface area contributed by atoms with E-state index < -0.39 is 5.92 Å². The van der Waals surface area contributed by atoms with Crippen molar-refractivity contribution in [3.05, 3.63) is 18.0 Å². The molecule has 1 heterocycles. The topological polar surface area (TPSA) is 107 Å². The van der Waals surface area contributed by atoms with Crippen molar-refractivity contribution in [2.75, 3.05) is 12.0 Å². The first-order valence-electron chi connectivity index (χ1n) is 7.89. The fraction of sp³-hybridized carbons (Fsp3) is 0.600. The Balaban J connectivity index is 2.58. The number of aromatic nitrogens is 2. The number of hydrazine groups is 1. The molecular weight excluding hydrogens is 298 g/mol. The molecule has 0 aliphatic rings. The van der Waals surface area contributed by atoms with Crippen LogP contribution in [0, 0.1) is 5.92 Å². The number of aryl methyl sites for hydroxylation is 1. The summed E-state index contributed by atoms with van der Waals surface area (Å²) >= 11 is 0. The second-order valence-corrected chi connectivity index (χ2v) is 5.26. The summed E-state index contributed by atoms with van der Waals surface area (Å²) in [5, 5.41) is 9.82. The first kappa shape index (κ1) is 18.8. The van der Waals surface area contributed by atoms with E-state index in [0.717, 1.165) is 31.4 Å². The molecule has 0 spiro atoms. The number of hydrogen-bond acceptors (Lipinski definition) is 6. The van der Waals surface area contributed by atoms with Gasteiger partial charge in [-0.2, -0.15) is 0 Å². The van der Waals surface area contributed by atoms with Gasteiger partial charge in [0.2, 0.25) is 18.3 Å². The number of carbonyl (C=O) groups is 2. The van der Waals surface area contributed by atoms with E-state index in [4.69, 9.17) is 0 Å². The van der Waals surface area contributed by atoms with E-state index in [2.05, 4.69) is 27.7 Å². The van der Waals surface area contributed by atoms with E-state index in [0.29, 0.717) is 23.8 Å². The lowest BCUT2D eigenvalue weighted by atomic mass is 10.0. The molecule has 0 saturated carbocycles. The maximum atomic E-state index is 12.2. The van der Waals surface area contributed by atoms with Gasteiger partial charge in [-0.1, -0.05) is 33.1 Å². The number of anilines is 1. The van der Waals surface area contributed by atoms with Crippen LogP contribution in [0.5, 0.6) is 0 Å². The number of rotatable bonds is 11. The van der Waals surface area contributed by atoms with Crippen molar-refractivity contribution in [3.63, 3.8) is 0 Å². The van der Waals surface area contributed by atoms with Crippen molar-refractivity contribution in [1.29, 1.82) is 0 Å². The third-order valence-corrected chi connectivity index (χ3v) is 3.43. The molecule has 0 fully saturated rings. The molecule has 0 unspecified atom stereocenters. The van der Waals surface area contributed by atoms with E-state index in [1.165, 1.54) is 0 Å². The van der Waals surface area contributed by atoms with Gasteiger partial charge in [0.25, 0.3) is 0 Å². The highest BCUT2D eigenvalue weighted by Gasteiger charge is 2.20. The second-order valence-electron chi connectivity index (χ2n) is 5.26. The molecule has 0 aliphatic carbocycles. The van der Waals surface area contributed by atoms with E-state index in [1.54, 1.807) is 12.3 Å². The van der Waals surface area contributed by atoms with Gasteiger partial charge in [0, 0.05) is 11.9 Å². The van der Waals surface area contributed by atoms with Crippen LogP contribution in [0.1, 0.15) is 45.2 Å². The SMILES string of the molecule is CCCCC[C@@H](CN(O)C=O)C(=O)NNc1nccc(CC)n1. The zero-order valence-corrected chi connectivity index (χ0v) is 13.7. The Kier molecular flexibility index (Phi) is 8.59. The molecule has 8 heteroatoms. The van der Waals surface area contributed by atoms with E-state index in [9.17, 15) is 14.8 Å². The van der Waals surface area contributed by atoms with Gasteiger partial charge < -0.3 is 0 Å².